The zero-order valence-electron chi connectivity index (χ0n) is 6.64. The van der Waals surface area contributed by atoms with E-state index < -0.39 is 16.7 Å². The van der Waals surface area contributed by atoms with E-state index in [1.807, 2.05) is 0 Å². The molecule has 0 aliphatic heterocycles. The quantitative estimate of drug-likeness (QED) is 0.708. The highest BCUT2D eigenvalue weighted by atomic mass is 32.2. The Kier molecular flexibility index (Phi) is 2.62. The maximum absolute atomic E-state index is 10.5. The van der Waals surface area contributed by atoms with Crippen LogP contribution in [0, 0.1) is 0 Å². The van der Waals surface area contributed by atoms with Crippen LogP contribution in [0.3, 0.4) is 0 Å². The van der Waals surface area contributed by atoms with Crippen molar-refractivity contribution < 1.29 is 13.9 Å². The Morgan fingerprint density at radius 1 is 1.67 bits per heavy atom. The zero-order valence-corrected chi connectivity index (χ0v) is 8.28. The van der Waals surface area contributed by atoms with Crippen LogP contribution in [0.2, 0.25) is 0 Å². The second-order valence-corrected chi connectivity index (χ2v) is 5.02. The van der Waals surface area contributed by atoms with Crippen molar-refractivity contribution in [1.29, 1.82) is 0 Å². The maximum Gasteiger partial charge on any atom is 0.198 e. The molecular formula is C6H9NO3S2. The molecule has 0 amide bonds. The van der Waals surface area contributed by atoms with Gasteiger partial charge in [0.1, 0.15) is 14.8 Å². The number of nitrogens with zero attached hydrogens (tertiary/aromatic N) is 1. The summed E-state index contributed by atoms with van der Waals surface area (Å²) in [6.45, 7) is 3.16. The molecule has 2 N–H and O–H groups in total. The normalized spacial score (nSPS) is 14.7. The van der Waals surface area contributed by atoms with Crippen LogP contribution in [0.4, 0.5) is 0 Å². The summed E-state index contributed by atoms with van der Waals surface area (Å²) in [4.78, 5) is 3.82. The van der Waals surface area contributed by atoms with Crippen molar-refractivity contribution in [2.24, 2.45) is 0 Å². The predicted octanol–water partition coefficient (Wildman–Crippen LogP) is 0.951. The molecule has 0 aliphatic carbocycles. The van der Waals surface area contributed by atoms with Gasteiger partial charge in [-0.05, 0) is 13.8 Å². The molecule has 1 rings (SSSR count). The molecule has 0 saturated heterocycles. The molecular weight excluding hydrogens is 198 g/mol. The van der Waals surface area contributed by atoms with E-state index >= 15 is 0 Å². The number of hydrogen-bond donors (Lipinski definition) is 2. The number of aromatic nitrogens is 1. The summed E-state index contributed by atoms with van der Waals surface area (Å²) in [5, 5.41) is 9.90. The van der Waals surface area contributed by atoms with Crippen molar-refractivity contribution in [2.45, 2.75) is 23.7 Å². The SMILES string of the molecule is CC(C)(O)c1ncc(S(=O)O)s1. The van der Waals surface area contributed by atoms with Gasteiger partial charge in [0.25, 0.3) is 0 Å². The van der Waals surface area contributed by atoms with Crippen LogP contribution in [-0.4, -0.2) is 18.9 Å². The van der Waals surface area contributed by atoms with E-state index in [1.54, 1.807) is 13.8 Å². The molecule has 12 heavy (non-hydrogen) atoms. The first-order valence-corrected chi connectivity index (χ1v) is 5.13. The van der Waals surface area contributed by atoms with Gasteiger partial charge in [-0.1, -0.05) is 0 Å². The standard InChI is InChI=1S/C6H9NO3S2/c1-6(2,8)5-7-3-4(11-5)12(9)10/h3,8H,1-2H3,(H,9,10). The number of rotatable bonds is 2. The Hall–Kier alpha value is -0.300. The third kappa shape index (κ3) is 2.10. The average Bonchev–Trinajstić information content (AvgIpc) is 2.30. The summed E-state index contributed by atoms with van der Waals surface area (Å²) in [6, 6.07) is 0. The molecule has 0 saturated carbocycles. The second-order valence-electron chi connectivity index (χ2n) is 2.79. The zero-order chi connectivity index (χ0) is 9.35. The van der Waals surface area contributed by atoms with Crippen LogP contribution < -0.4 is 0 Å². The lowest BCUT2D eigenvalue weighted by atomic mass is 10.2. The van der Waals surface area contributed by atoms with Gasteiger partial charge in [-0.3, -0.25) is 0 Å². The van der Waals surface area contributed by atoms with Crippen LogP contribution in [0.1, 0.15) is 18.9 Å². The van der Waals surface area contributed by atoms with Crippen LogP contribution in [-0.2, 0) is 16.7 Å². The number of aliphatic hydroxyl groups is 1. The summed E-state index contributed by atoms with van der Waals surface area (Å²) in [5.41, 5.74) is -1.04. The van der Waals surface area contributed by atoms with E-state index in [0.29, 0.717) is 5.01 Å². The number of hydrogen-bond acceptors (Lipinski definition) is 4. The van der Waals surface area contributed by atoms with E-state index in [0.717, 1.165) is 11.3 Å². The lowest BCUT2D eigenvalue weighted by Gasteiger charge is -2.11. The van der Waals surface area contributed by atoms with Crippen LogP contribution >= 0.6 is 11.3 Å². The minimum atomic E-state index is -2.00. The molecule has 1 heterocycles. The molecule has 6 heteroatoms. The predicted molar refractivity (Wildman–Crippen MR) is 46.4 cm³/mol. The van der Waals surface area contributed by atoms with Gasteiger partial charge in [0.2, 0.25) is 0 Å². The van der Waals surface area contributed by atoms with Crippen molar-refractivity contribution in [3.63, 3.8) is 0 Å². The summed E-state index contributed by atoms with van der Waals surface area (Å²) < 4.78 is 19.5. The van der Waals surface area contributed by atoms with Crippen molar-refractivity contribution in [3.8, 4) is 0 Å². The molecule has 4 nitrogen and oxygen atoms in total. The van der Waals surface area contributed by atoms with Gasteiger partial charge in [-0.25, -0.2) is 9.19 Å². The van der Waals surface area contributed by atoms with Crippen LogP contribution in [0.25, 0.3) is 0 Å². The van der Waals surface area contributed by atoms with Gasteiger partial charge >= 0.3 is 0 Å². The monoisotopic (exact) mass is 207 g/mol. The molecule has 1 aromatic heterocycles. The van der Waals surface area contributed by atoms with E-state index in [1.165, 1.54) is 6.20 Å². The molecule has 1 aromatic rings. The summed E-state index contributed by atoms with van der Waals surface area (Å²) in [6.07, 6.45) is 1.30. The minimum Gasteiger partial charge on any atom is -0.383 e. The topological polar surface area (TPSA) is 70.4 Å². The first-order chi connectivity index (χ1) is 5.41. The van der Waals surface area contributed by atoms with Crippen molar-refractivity contribution in [1.82, 2.24) is 4.98 Å². The summed E-state index contributed by atoms with van der Waals surface area (Å²) in [7, 11) is 0. The van der Waals surface area contributed by atoms with Crippen molar-refractivity contribution in [3.05, 3.63) is 11.2 Å². The van der Waals surface area contributed by atoms with Gasteiger partial charge in [0, 0.05) is 0 Å². The Balaban J connectivity index is 3.00. The third-order valence-corrected chi connectivity index (χ3v) is 3.41. The smallest absolute Gasteiger partial charge is 0.198 e. The van der Waals surface area contributed by atoms with E-state index in [4.69, 9.17) is 4.55 Å². The first-order valence-electron chi connectivity index (χ1n) is 3.21. The molecule has 68 valence electrons. The fourth-order valence-electron chi connectivity index (χ4n) is 0.623. The van der Waals surface area contributed by atoms with Gasteiger partial charge < -0.3 is 9.66 Å². The Bertz CT molecular complexity index is 302. The molecule has 0 bridgehead atoms. The van der Waals surface area contributed by atoms with Gasteiger partial charge in [-0.2, -0.15) is 0 Å². The largest absolute Gasteiger partial charge is 0.383 e. The molecule has 0 aromatic carbocycles. The number of thiazole rings is 1. The molecule has 0 aliphatic rings. The van der Waals surface area contributed by atoms with Crippen LogP contribution in [0.5, 0.6) is 0 Å². The lowest BCUT2D eigenvalue weighted by molar-refractivity contribution is 0.0783. The van der Waals surface area contributed by atoms with Gasteiger partial charge in [0.15, 0.2) is 11.1 Å². The second kappa shape index (κ2) is 3.21. The van der Waals surface area contributed by atoms with E-state index in [-0.39, 0.29) is 4.21 Å². The molecule has 0 spiro atoms. The Morgan fingerprint density at radius 2 is 2.25 bits per heavy atom. The Labute approximate surface area is 76.6 Å². The van der Waals surface area contributed by atoms with Crippen molar-refractivity contribution in [2.75, 3.05) is 0 Å². The van der Waals surface area contributed by atoms with E-state index in [9.17, 15) is 9.32 Å². The third-order valence-electron chi connectivity index (χ3n) is 1.18. The molecule has 0 fully saturated rings. The van der Waals surface area contributed by atoms with Gasteiger partial charge in [0.05, 0.1) is 6.20 Å². The van der Waals surface area contributed by atoms with E-state index in [2.05, 4.69) is 4.98 Å². The highest BCUT2D eigenvalue weighted by molar-refractivity contribution is 7.81. The highest BCUT2D eigenvalue weighted by Gasteiger charge is 2.21. The lowest BCUT2D eigenvalue weighted by Crippen LogP contribution is -2.14. The van der Waals surface area contributed by atoms with Gasteiger partial charge in [-0.15, -0.1) is 11.3 Å². The fourth-order valence-corrected chi connectivity index (χ4v) is 1.94. The van der Waals surface area contributed by atoms with Crippen molar-refractivity contribution >= 4 is 22.4 Å². The summed E-state index contributed by atoms with van der Waals surface area (Å²) >= 11 is -0.961. The summed E-state index contributed by atoms with van der Waals surface area (Å²) in [5.74, 6) is 0. The average molecular weight is 207 g/mol. The molecule has 1 atom stereocenters. The first kappa shape index (κ1) is 9.79. The maximum atomic E-state index is 10.5. The fraction of sp³-hybridized carbons (Fsp3) is 0.500. The molecule has 0 radical (unpaired) electrons. The van der Waals surface area contributed by atoms with Crippen LogP contribution in [0.15, 0.2) is 10.4 Å². The minimum absolute atomic E-state index is 0.257. The Morgan fingerprint density at radius 3 is 2.50 bits per heavy atom. The molecule has 1 unspecified atom stereocenters. The highest BCUT2D eigenvalue weighted by Crippen LogP contribution is 2.25.